The van der Waals surface area contributed by atoms with Crippen LogP contribution in [0.4, 0.5) is 22.0 Å². The summed E-state index contributed by atoms with van der Waals surface area (Å²) in [5, 5.41) is 16.8. The lowest BCUT2D eigenvalue weighted by atomic mass is 9.85. The number of hydrogen-bond acceptors (Lipinski definition) is 8. The molecule has 11 nitrogen and oxygen atoms in total. The van der Waals surface area contributed by atoms with Gasteiger partial charge in [0.2, 0.25) is 23.7 Å². The molecule has 0 bridgehead atoms. The minimum Gasteiger partial charge on any atom is -0.381 e. The highest BCUT2D eigenvalue weighted by Crippen LogP contribution is 2.28. The van der Waals surface area contributed by atoms with E-state index in [1.54, 1.807) is 28.9 Å². The van der Waals surface area contributed by atoms with Crippen molar-refractivity contribution in [1.82, 2.24) is 24.9 Å². The molecule has 5 rings (SSSR count). The molecule has 42 heavy (non-hydrogen) atoms. The molecule has 0 unspecified atom stereocenters. The van der Waals surface area contributed by atoms with E-state index in [2.05, 4.69) is 51.8 Å². The number of carbonyl (C=O) groups is 2. The normalized spacial score (nSPS) is 19.4. The van der Waals surface area contributed by atoms with Crippen molar-refractivity contribution >= 4 is 35.0 Å². The van der Waals surface area contributed by atoms with Crippen LogP contribution in [0.3, 0.4) is 0 Å². The first kappa shape index (κ1) is 29.4. The van der Waals surface area contributed by atoms with Crippen LogP contribution in [0.5, 0.6) is 0 Å². The number of carbonyl (C=O) groups excluding carboxylic acids is 2. The number of ether oxygens (including phenoxy) is 1. The molecule has 2 fully saturated rings. The van der Waals surface area contributed by atoms with E-state index in [0.29, 0.717) is 62.0 Å². The van der Waals surface area contributed by atoms with E-state index < -0.39 is 5.82 Å². The number of rotatable bonds is 10. The van der Waals surface area contributed by atoms with Crippen LogP contribution < -0.4 is 21.3 Å². The van der Waals surface area contributed by atoms with Crippen molar-refractivity contribution in [3.63, 3.8) is 0 Å². The summed E-state index contributed by atoms with van der Waals surface area (Å²) in [6, 6.07) is 5.19. The largest absolute Gasteiger partial charge is 0.381 e. The fraction of sp³-hybridized carbons (Fsp3) is 0.500. The molecule has 1 aliphatic carbocycles. The van der Waals surface area contributed by atoms with Gasteiger partial charge in [-0.1, -0.05) is 32.6 Å². The Labute approximate surface area is 244 Å². The fourth-order valence-electron chi connectivity index (χ4n) is 5.49. The maximum atomic E-state index is 15.6. The summed E-state index contributed by atoms with van der Waals surface area (Å²) in [6.45, 7) is 9.15. The molecule has 3 heterocycles. The highest BCUT2D eigenvalue weighted by atomic mass is 19.1. The number of halogens is 1. The van der Waals surface area contributed by atoms with E-state index in [1.807, 2.05) is 0 Å². The third-order valence-electron chi connectivity index (χ3n) is 7.98. The van der Waals surface area contributed by atoms with Gasteiger partial charge in [-0.15, -0.1) is 0 Å². The zero-order chi connectivity index (χ0) is 29.6. The van der Waals surface area contributed by atoms with Crippen LogP contribution in [0, 0.1) is 11.7 Å². The second-order valence-electron chi connectivity index (χ2n) is 11.3. The molecule has 0 radical (unpaired) electrons. The van der Waals surface area contributed by atoms with Crippen molar-refractivity contribution < 1.29 is 18.7 Å². The van der Waals surface area contributed by atoms with Crippen LogP contribution in [-0.4, -0.2) is 56.7 Å². The van der Waals surface area contributed by atoms with Gasteiger partial charge in [0.15, 0.2) is 11.5 Å². The van der Waals surface area contributed by atoms with Crippen LogP contribution in [0.15, 0.2) is 37.1 Å². The summed E-state index contributed by atoms with van der Waals surface area (Å²) >= 11 is 0. The van der Waals surface area contributed by atoms with Gasteiger partial charge in [0.05, 0.1) is 11.9 Å². The highest BCUT2D eigenvalue weighted by Gasteiger charge is 2.27. The van der Waals surface area contributed by atoms with Crippen molar-refractivity contribution in [3.8, 4) is 0 Å². The van der Waals surface area contributed by atoms with Gasteiger partial charge in [-0.05, 0) is 56.6 Å². The topological polar surface area (TPSA) is 135 Å². The smallest absolute Gasteiger partial charge is 0.243 e. The minimum atomic E-state index is -0.500. The quantitative estimate of drug-likeness (QED) is 0.260. The van der Waals surface area contributed by atoms with Crippen molar-refractivity contribution in [3.05, 3.63) is 54.0 Å². The summed E-state index contributed by atoms with van der Waals surface area (Å²) < 4.78 is 22.7. The second-order valence-corrected chi connectivity index (χ2v) is 11.3. The molecule has 0 atom stereocenters. The van der Waals surface area contributed by atoms with Crippen LogP contribution in [0.25, 0.3) is 5.65 Å². The van der Waals surface area contributed by atoms with Gasteiger partial charge in [0.1, 0.15) is 0 Å². The third kappa shape index (κ3) is 6.87. The molecule has 4 N–H and O–H groups in total. The number of amides is 2. The lowest BCUT2D eigenvalue weighted by molar-refractivity contribution is -0.121. The Morgan fingerprint density at radius 3 is 2.60 bits per heavy atom. The average molecular weight is 579 g/mol. The number of fused-ring (bicyclic) bond motifs is 1. The predicted molar refractivity (Wildman–Crippen MR) is 159 cm³/mol. The molecule has 12 heteroatoms. The fourth-order valence-corrected chi connectivity index (χ4v) is 5.49. The molecule has 1 saturated carbocycles. The van der Waals surface area contributed by atoms with Gasteiger partial charge in [0, 0.05) is 48.9 Å². The molecule has 3 aromatic rings. The van der Waals surface area contributed by atoms with Gasteiger partial charge in [0.25, 0.3) is 0 Å². The number of nitrogens with zero attached hydrogens (tertiary/aromatic N) is 4. The summed E-state index contributed by atoms with van der Waals surface area (Å²) in [5.74, 6) is -0.0343. The van der Waals surface area contributed by atoms with Crippen molar-refractivity contribution in [2.24, 2.45) is 5.92 Å². The summed E-state index contributed by atoms with van der Waals surface area (Å²) in [5.41, 5.74) is 2.20. The first-order chi connectivity index (χ1) is 20.3. The monoisotopic (exact) mass is 578 g/mol. The van der Waals surface area contributed by atoms with Gasteiger partial charge in [-0.2, -0.15) is 19.6 Å². The van der Waals surface area contributed by atoms with Gasteiger partial charge < -0.3 is 26.0 Å². The lowest BCUT2D eigenvalue weighted by Gasteiger charge is -2.28. The second kappa shape index (κ2) is 13.3. The SMILES string of the molecule is C=CC(=O)N[C@H]1CC[C@@H](C(=O)Nc2cccc(CNc3nc(NC4CCOCC4)nc4c(C(C)C)cnn34)c2F)CC1. The summed E-state index contributed by atoms with van der Waals surface area (Å²) in [7, 11) is 0. The van der Waals surface area contributed by atoms with Crippen molar-refractivity contribution in [2.75, 3.05) is 29.2 Å². The molecule has 1 aliphatic heterocycles. The molecule has 2 aliphatic rings. The molecular weight excluding hydrogens is 539 g/mol. The van der Waals surface area contributed by atoms with Gasteiger partial charge in [-0.3, -0.25) is 9.59 Å². The maximum Gasteiger partial charge on any atom is 0.243 e. The number of anilines is 3. The molecular formula is C30H39FN8O3. The minimum absolute atomic E-state index is 0.0257. The lowest BCUT2D eigenvalue weighted by Crippen LogP contribution is -2.38. The zero-order valence-electron chi connectivity index (χ0n) is 24.2. The van der Waals surface area contributed by atoms with Crippen LogP contribution >= 0.6 is 0 Å². The van der Waals surface area contributed by atoms with Gasteiger partial charge >= 0.3 is 0 Å². The number of hydrogen-bond donors (Lipinski definition) is 4. The van der Waals surface area contributed by atoms with Crippen LogP contribution in [0.2, 0.25) is 0 Å². The van der Waals surface area contributed by atoms with E-state index in [9.17, 15) is 9.59 Å². The van der Waals surface area contributed by atoms with Gasteiger partial charge in [-0.25, -0.2) is 4.39 Å². The van der Waals surface area contributed by atoms with E-state index in [0.717, 1.165) is 18.4 Å². The first-order valence-corrected chi connectivity index (χ1v) is 14.7. The maximum absolute atomic E-state index is 15.6. The van der Waals surface area contributed by atoms with Crippen molar-refractivity contribution in [1.29, 1.82) is 0 Å². The van der Waals surface area contributed by atoms with Crippen molar-refractivity contribution in [2.45, 2.75) is 76.9 Å². The number of nitrogens with one attached hydrogen (secondary N) is 4. The molecule has 0 spiro atoms. The molecule has 1 aromatic carbocycles. The number of aromatic nitrogens is 4. The van der Waals surface area contributed by atoms with E-state index in [-0.39, 0.29) is 48.0 Å². The molecule has 2 aromatic heterocycles. The predicted octanol–water partition coefficient (Wildman–Crippen LogP) is 4.39. The molecule has 1 saturated heterocycles. The first-order valence-electron chi connectivity index (χ1n) is 14.7. The Balaban J connectivity index is 1.27. The van der Waals surface area contributed by atoms with Crippen LogP contribution in [-0.2, 0) is 20.9 Å². The zero-order valence-corrected chi connectivity index (χ0v) is 24.2. The van der Waals surface area contributed by atoms with Crippen LogP contribution in [0.1, 0.15) is 69.4 Å². The molecule has 2 amide bonds. The van der Waals surface area contributed by atoms with E-state index in [4.69, 9.17) is 9.72 Å². The van der Waals surface area contributed by atoms with E-state index >= 15 is 4.39 Å². The Kier molecular flexibility index (Phi) is 9.31. The molecule has 224 valence electrons. The third-order valence-corrected chi connectivity index (χ3v) is 7.98. The highest BCUT2D eigenvalue weighted by molar-refractivity contribution is 5.93. The number of benzene rings is 1. The Morgan fingerprint density at radius 2 is 1.88 bits per heavy atom. The Bertz CT molecular complexity index is 1430. The van der Waals surface area contributed by atoms with E-state index in [1.165, 1.54) is 6.08 Å². The summed E-state index contributed by atoms with van der Waals surface area (Å²) in [6.07, 6.45) is 7.38. The standard InChI is InChI=1S/C30H39FN8O3/c1-4-25(40)34-21-10-8-19(9-11-21)28(41)36-24-7-5-6-20(26(24)31)16-32-30-38-29(35-22-12-14-42-15-13-22)37-27-23(18(2)3)17-33-39(27)30/h4-7,17-19,21-22H,1,8-16H2,2-3H3,(H,34,40)(H,36,41)(H2,32,35,37,38)/t19-,21+. The Morgan fingerprint density at radius 1 is 1.12 bits per heavy atom. The average Bonchev–Trinajstić information content (AvgIpc) is 3.43. The summed E-state index contributed by atoms with van der Waals surface area (Å²) in [4.78, 5) is 34.0. The Hall–Kier alpha value is -4.06.